The Morgan fingerprint density at radius 1 is 1.20 bits per heavy atom. The Hall–Kier alpha value is -2.17. The molecular formula is C15H16F2N2O. The highest BCUT2D eigenvalue weighted by Gasteiger charge is 2.12. The number of rotatable bonds is 4. The largest absolute Gasteiger partial charge is 0.496 e. The lowest BCUT2D eigenvalue weighted by Gasteiger charge is -2.14. The Balaban J connectivity index is 2.24. The molecule has 0 bridgehead atoms. The van der Waals surface area contributed by atoms with Crippen molar-refractivity contribution in [2.45, 2.75) is 20.4 Å². The molecule has 1 aromatic carbocycles. The molecule has 0 aliphatic rings. The summed E-state index contributed by atoms with van der Waals surface area (Å²) in [7, 11) is 1.59. The standard InChI is InChI=1S/C15H16F2N2O/c1-9-7-18-13(10(2)15(9)20-3)8-19-14-11(16)5-4-6-12(14)17/h4-7,19H,8H2,1-3H3. The molecule has 20 heavy (non-hydrogen) atoms. The molecule has 0 saturated heterocycles. The number of halogens is 2. The van der Waals surface area contributed by atoms with E-state index in [1.54, 1.807) is 13.3 Å². The molecule has 2 aromatic rings. The first-order valence-corrected chi connectivity index (χ1v) is 6.21. The lowest BCUT2D eigenvalue weighted by molar-refractivity contribution is 0.407. The minimum Gasteiger partial charge on any atom is -0.496 e. The molecule has 0 aliphatic carbocycles. The summed E-state index contributed by atoms with van der Waals surface area (Å²) in [5.41, 5.74) is 2.32. The van der Waals surface area contributed by atoms with E-state index >= 15 is 0 Å². The van der Waals surface area contributed by atoms with Crippen LogP contribution < -0.4 is 10.1 Å². The molecule has 2 rings (SSSR count). The van der Waals surface area contributed by atoms with Crippen LogP contribution in [0.4, 0.5) is 14.5 Å². The molecular weight excluding hydrogens is 262 g/mol. The maximum Gasteiger partial charge on any atom is 0.149 e. The number of nitrogens with one attached hydrogen (secondary N) is 1. The summed E-state index contributed by atoms with van der Waals surface area (Å²) in [6.07, 6.45) is 1.68. The van der Waals surface area contributed by atoms with E-state index in [0.717, 1.165) is 16.9 Å². The van der Waals surface area contributed by atoms with E-state index in [9.17, 15) is 8.78 Å². The van der Waals surface area contributed by atoms with Crippen LogP contribution >= 0.6 is 0 Å². The Kier molecular flexibility index (Phi) is 4.17. The van der Waals surface area contributed by atoms with Gasteiger partial charge < -0.3 is 10.1 Å². The Morgan fingerprint density at radius 3 is 2.45 bits per heavy atom. The van der Waals surface area contributed by atoms with Gasteiger partial charge in [-0.3, -0.25) is 4.98 Å². The first kappa shape index (κ1) is 14.2. The second-order valence-corrected chi connectivity index (χ2v) is 4.50. The number of ether oxygens (including phenoxy) is 1. The van der Waals surface area contributed by atoms with Crippen molar-refractivity contribution < 1.29 is 13.5 Å². The quantitative estimate of drug-likeness (QED) is 0.928. The number of nitrogens with zero attached hydrogens (tertiary/aromatic N) is 1. The number of para-hydroxylation sites is 1. The van der Waals surface area contributed by atoms with Crippen molar-refractivity contribution in [3.63, 3.8) is 0 Å². The minimum atomic E-state index is -0.623. The fourth-order valence-corrected chi connectivity index (χ4v) is 2.09. The predicted molar refractivity (Wildman–Crippen MR) is 73.9 cm³/mol. The third kappa shape index (κ3) is 2.71. The minimum absolute atomic E-state index is 0.145. The van der Waals surface area contributed by atoms with Crippen LogP contribution in [0.5, 0.6) is 5.75 Å². The second-order valence-electron chi connectivity index (χ2n) is 4.50. The SMILES string of the molecule is COc1c(C)cnc(CNc2c(F)cccc2F)c1C. The zero-order chi connectivity index (χ0) is 14.7. The number of anilines is 1. The fourth-order valence-electron chi connectivity index (χ4n) is 2.09. The van der Waals surface area contributed by atoms with E-state index in [1.165, 1.54) is 18.2 Å². The maximum atomic E-state index is 13.5. The smallest absolute Gasteiger partial charge is 0.149 e. The number of aromatic nitrogens is 1. The Morgan fingerprint density at radius 2 is 1.85 bits per heavy atom. The molecule has 1 aromatic heterocycles. The van der Waals surface area contributed by atoms with Crippen molar-refractivity contribution in [1.82, 2.24) is 4.98 Å². The topological polar surface area (TPSA) is 34.1 Å². The van der Waals surface area contributed by atoms with Gasteiger partial charge in [0.15, 0.2) is 0 Å². The van der Waals surface area contributed by atoms with Crippen molar-refractivity contribution in [2.24, 2.45) is 0 Å². The summed E-state index contributed by atoms with van der Waals surface area (Å²) in [4.78, 5) is 4.27. The van der Waals surface area contributed by atoms with Gasteiger partial charge in [0.25, 0.3) is 0 Å². The average molecular weight is 278 g/mol. The number of pyridine rings is 1. The van der Waals surface area contributed by atoms with E-state index in [1.807, 2.05) is 13.8 Å². The zero-order valence-electron chi connectivity index (χ0n) is 11.6. The highest BCUT2D eigenvalue weighted by molar-refractivity contribution is 5.48. The summed E-state index contributed by atoms with van der Waals surface area (Å²) in [6, 6.07) is 3.75. The normalized spacial score (nSPS) is 10.4. The number of benzene rings is 1. The lowest BCUT2D eigenvalue weighted by atomic mass is 10.1. The summed E-state index contributed by atoms with van der Waals surface area (Å²) in [6.45, 7) is 3.99. The highest BCUT2D eigenvalue weighted by atomic mass is 19.1. The molecule has 0 spiro atoms. The van der Waals surface area contributed by atoms with Crippen LogP contribution in [0, 0.1) is 25.5 Å². The molecule has 0 atom stereocenters. The van der Waals surface area contributed by atoms with Crippen molar-refractivity contribution in [2.75, 3.05) is 12.4 Å². The highest BCUT2D eigenvalue weighted by Crippen LogP contribution is 2.25. The number of hydrogen-bond acceptors (Lipinski definition) is 3. The van der Waals surface area contributed by atoms with Crippen molar-refractivity contribution in [3.8, 4) is 5.75 Å². The van der Waals surface area contributed by atoms with E-state index < -0.39 is 11.6 Å². The van der Waals surface area contributed by atoms with Gasteiger partial charge in [-0.2, -0.15) is 0 Å². The molecule has 0 saturated carbocycles. The zero-order valence-corrected chi connectivity index (χ0v) is 11.6. The molecule has 0 unspecified atom stereocenters. The van der Waals surface area contributed by atoms with Crippen LogP contribution in [0.3, 0.4) is 0 Å². The maximum absolute atomic E-state index is 13.5. The van der Waals surface area contributed by atoms with Crippen LogP contribution in [0.2, 0.25) is 0 Å². The Bertz CT molecular complexity index is 609. The van der Waals surface area contributed by atoms with Crippen LogP contribution in [0.15, 0.2) is 24.4 Å². The molecule has 5 heteroatoms. The summed E-state index contributed by atoms with van der Waals surface area (Å²) in [5, 5.41) is 2.74. The first-order chi connectivity index (χ1) is 9.54. The summed E-state index contributed by atoms with van der Waals surface area (Å²) in [5.74, 6) is -0.505. The van der Waals surface area contributed by atoms with E-state index in [0.29, 0.717) is 5.69 Å². The number of hydrogen-bond donors (Lipinski definition) is 1. The van der Waals surface area contributed by atoms with E-state index in [4.69, 9.17) is 4.74 Å². The molecule has 0 amide bonds. The molecule has 0 radical (unpaired) electrons. The summed E-state index contributed by atoms with van der Waals surface area (Å²) < 4.78 is 32.3. The van der Waals surface area contributed by atoms with Crippen LogP contribution in [-0.4, -0.2) is 12.1 Å². The molecule has 1 heterocycles. The summed E-state index contributed by atoms with van der Waals surface area (Å²) >= 11 is 0. The van der Waals surface area contributed by atoms with Gasteiger partial charge in [-0.15, -0.1) is 0 Å². The number of methoxy groups -OCH3 is 1. The second kappa shape index (κ2) is 5.86. The predicted octanol–water partition coefficient (Wildman–Crippen LogP) is 3.60. The average Bonchev–Trinajstić information content (AvgIpc) is 2.41. The molecule has 1 N–H and O–H groups in total. The van der Waals surface area contributed by atoms with E-state index in [-0.39, 0.29) is 12.2 Å². The van der Waals surface area contributed by atoms with Gasteiger partial charge in [0.2, 0.25) is 0 Å². The van der Waals surface area contributed by atoms with Crippen molar-refractivity contribution in [1.29, 1.82) is 0 Å². The van der Waals surface area contributed by atoms with Gasteiger partial charge in [0.1, 0.15) is 23.1 Å². The fraction of sp³-hybridized carbons (Fsp3) is 0.267. The van der Waals surface area contributed by atoms with E-state index in [2.05, 4.69) is 10.3 Å². The van der Waals surface area contributed by atoms with Crippen LogP contribution in [-0.2, 0) is 6.54 Å². The van der Waals surface area contributed by atoms with Gasteiger partial charge in [-0.1, -0.05) is 6.07 Å². The van der Waals surface area contributed by atoms with Gasteiger partial charge in [-0.05, 0) is 26.0 Å². The van der Waals surface area contributed by atoms with Crippen molar-refractivity contribution in [3.05, 3.63) is 52.9 Å². The van der Waals surface area contributed by atoms with Crippen LogP contribution in [0.1, 0.15) is 16.8 Å². The molecule has 3 nitrogen and oxygen atoms in total. The molecule has 0 fully saturated rings. The number of aryl methyl sites for hydroxylation is 1. The monoisotopic (exact) mass is 278 g/mol. The van der Waals surface area contributed by atoms with Gasteiger partial charge >= 0.3 is 0 Å². The first-order valence-electron chi connectivity index (χ1n) is 6.21. The Labute approximate surface area is 116 Å². The molecule has 0 aliphatic heterocycles. The van der Waals surface area contributed by atoms with Crippen molar-refractivity contribution >= 4 is 5.69 Å². The van der Waals surface area contributed by atoms with Crippen LogP contribution in [0.25, 0.3) is 0 Å². The van der Waals surface area contributed by atoms with Gasteiger partial charge in [0, 0.05) is 17.3 Å². The molecule has 106 valence electrons. The lowest BCUT2D eigenvalue weighted by Crippen LogP contribution is -2.08. The third-order valence-electron chi connectivity index (χ3n) is 3.15. The van der Waals surface area contributed by atoms with Gasteiger partial charge in [0.05, 0.1) is 19.3 Å². The van der Waals surface area contributed by atoms with Gasteiger partial charge in [-0.25, -0.2) is 8.78 Å². The third-order valence-corrected chi connectivity index (χ3v) is 3.15.